The molecule has 4 aliphatic rings. The molecule has 0 N–H and O–H groups in total. The fourth-order valence-corrected chi connectivity index (χ4v) is 7.85. The minimum atomic E-state index is -1.44. The normalized spacial score (nSPS) is 48.6. The van der Waals surface area contributed by atoms with Crippen molar-refractivity contribution in [1.82, 2.24) is 0 Å². The van der Waals surface area contributed by atoms with E-state index in [1.807, 2.05) is 0 Å². The van der Waals surface area contributed by atoms with Gasteiger partial charge in [-0.3, -0.25) is 0 Å². The maximum Gasteiger partial charge on any atom is 0.157 e. The SMILES string of the molecule is COC1CC(C)C(C2CCC(C3CCC(C4CCCC4)CC3)CC2)C(F)C1F. The van der Waals surface area contributed by atoms with Crippen LogP contribution in [0.1, 0.15) is 90.4 Å². The van der Waals surface area contributed by atoms with Crippen molar-refractivity contribution in [2.24, 2.45) is 41.4 Å². The largest absolute Gasteiger partial charge is 0.378 e. The fraction of sp³-hybridized carbons (Fsp3) is 1.00. The molecule has 0 spiro atoms. The number of hydrogen-bond donors (Lipinski definition) is 0. The molecule has 0 heterocycles. The van der Waals surface area contributed by atoms with E-state index < -0.39 is 18.4 Å². The van der Waals surface area contributed by atoms with Crippen LogP contribution in [-0.4, -0.2) is 25.6 Å². The lowest BCUT2D eigenvalue weighted by Gasteiger charge is -2.46. The van der Waals surface area contributed by atoms with E-state index in [1.165, 1.54) is 71.3 Å². The van der Waals surface area contributed by atoms with Gasteiger partial charge >= 0.3 is 0 Å². The van der Waals surface area contributed by atoms with Crippen LogP contribution in [0.5, 0.6) is 0 Å². The monoisotopic (exact) mass is 396 g/mol. The summed E-state index contributed by atoms with van der Waals surface area (Å²) in [6.45, 7) is 2.12. The maximum atomic E-state index is 14.9. The molecule has 1 nitrogen and oxygen atoms in total. The number of rotatable bonds is 4. The summed E-state index contributed by atoms with van der Waals surface area (Å²) in [7, 11) is 1.52. The lowest BCUT2D eigenvalue weighted by Crippen LogP contribution is -2.49. The Morgan fingerprint density at radius 3 is 1.50 bits per heavy atom. The lowest BCUT2D eigenvalue weighted by atomic mass is 9.62. The van der Waals surface area contributed by atoms with E-state index in [0.717, 1.165) is 36.5 Å². The second-order valence-corrected chi connectivity index (χ2v) is 10.8. The van der Waals surface area contributed by atoms with Gasteiger partial charge in [0, 0.05) is 7.11 Å². The Bertz CT molecular complexity index is 475. The first-order valence-electron chi connectivity index (χ1n) is 12.4. The van der Waals surface area contributed by atoms with E-state index >= 15 is 0 Å². The predicted molar refractivity (Wildman–Crippen MR) is 111 cm³/mol. The zero-order valence-electron chi connectivity index (χ0n) is 18.1. The van der Waals surface area contributed by atoms with Crippen LogP contribution in [0, 0.1) is 41.4 Å². The Morgan fingerprint density at radius 2 is 1.04 bits per heavy atom. The average Bonchev–Trinajstić information content (AvgIpc) is 3.26. The van der Waals surface area contributed by atoms with Gasteiger partial charge in [0.15, 0.2) is 6.17 Å². The minimum Gasteiger partial charge on any atom is -0.378 e. The maximum absolute atomic E-state index is 14.9. The van der Waals surface area contributed by atoms with E-state index in [2.05, 4.69) is 6.92 Å². The summed E-state index contributed by atoms with van der Waals surface area (Å²) in [5, 5.41) is 0. The van der Waals surface area contributed by atoms with Gasteiger partial charge in [-0.15, -0.1) is 0 Å². The van der Waals surface area contributed by atoms with E-state index in [9.17, 15) is 8.78 Å². The second-order valence-electron chi connectivity index (χ2n) is 10.8. The molecular weight excluding hydrogens is 354 g/mol. The molecule has 0 saturated heterocycles. The Labute approximate surface area is 171 Å². The van der Waals surface area contributed by atoms with Gasteiger partial charge in [0.25, 0.3) is 0 Å². The van der Waals surface area contributed by atoms with E-state index in [-0.39, 0.29) is 11.8 Å². The summed E-state index contributed by atoms with van der Waals surface area (Å²) in [6.07, 6.45) is 13.8. The van der Waals surface area contributed by atoms with Crippen LogP contribution in [0.2, 0.25) is 0 Å². The smallest absolute Gasteiger partial charge is 0.157 e. The molecule has 3 heteroatoms. The third-order valence-corrected chi connectivity index (χ3v) is 9.50. The van der Waals surface area contributed by atoms with Crippen LogP contribution in [0.25, 0.3) is 0 Å². The topological polar surface area (TPSA) is 9.23 Å². The highest BCUT2D eigenvalue weighted by atomic mass is 19.2. The van der Waals surface area contributed by atoms with Crippen molar-refractivity contribution in [3.63, 3.8) is 0 Å². The Hall–Kier alpha value is -0.180. The van der Waals surface area contributed by atoms with Crippen LogP contribution in [0.4, 0.5) is 8.78 Å². The van der Waals surface area contributed by atoms with Crippen molar-refractivity contribution in [1.29, 1.82) is 0 Å². The van der Waals surface area contributed by atoms with Crippen LogP contribution < -0.4 is 0 Å². The van der Waals surface area contributed by atoms with Gasteiger partial charge in [0.05, 0.1) is 6.10 Å². The highest BCUT2D eigenvalue weighted by Crippen LogP contribution is 2.49. The minimum absolute atomic E-state index is 0.0968. The number of ether oxygens (including phenoxy) is 1. The van der Waals surface area contributed by atoms with Crippen LogP contribution in [-0.2, 0) is 4.74 Å². The molecule has 4 fully saturated rings. The highest BCUT2D eigenvalue weighted by molar-refractivity contribution is 4.96. The van der Waals surface area contributed by atoms with Crippen molar-refractivity contribution < 1.29 is 13.5 Å². The van der Waals surface area contributed by atoms with E-state index in [0.29, 0.717) is 12.3 Å². The molecule has 4 rings (SSSR count). The molecule has 0 aromatic carbocycles. The first-order valence-corrected chi connectivity index (χ1v) is 12.4. The van der Waals surface area contributed by atoms with E-state index in [4.69, 9.17) is 4.74 Å². The predicted octanol–water partition coefficient (Wildman–Crippen LogP) is 7.14. The van der Waals surface area contributed by atoms with Crippen LogP contribution in [0.15, 0.2) is 0 Å². The van der Waals surface area contributed by atoms with Gasteiger partial charge in [0.2, 0.25) is 0 Å². The molecule has 0 radical (unpaired) electrons. The average molecular weight is 397 g/mol. The van der Waals surface area contributed by atoms with Crippen molar-refractivity contribution in [2.45, 2.75) is 109 Å². The lowest BCUT2D eigenvalue weighted by molar-refractivity contribution is -0.0954. The van der Waals surface area contributed by atoms with Crippen LogP contribution >= 0.6 is 0 Å². The summed E-state index contributed by atoms with van der Waals surface area (Å²) < 4.78 is 34.6. The first kappa shape index (κ1) is 21.1. The molecule has 0 aliphatic heterocycles. The van der Waals surface area contributed by atoms with Crippen molar-refractivity contribution >= 4 is 0 Å². The van der Waals surface area contributed by atoms with Gasteiger partial charge in [-0.1, -0.05) is 32.6 Å². The zero-order valence-corrected chi connectivity index (χ0v) is 18.1. The molecule has 4 aliphatic carbocycles. The molecule has 5 unspecified atom stereocenters. The van der Waals surface area contributed by atoms with Gasteiger partial charge < -0.3 is 4.74 Å². The van der Waals surface area contributed by atoms with Crippen LogP contribution in [0.3, 0.4) is 0 Å². The fourth-order valence-electron chi connectivity index (χ4n) is 7.85. The van der Waals surface area contributed by atoms with Gasteiger partial charge in [-0.25, -0.2) is 8.78 Å². The number of methoxy groups -OCH3 is 1. The standard InChI is InChI=1S/C25H42F2O/c1-16-15-22(28-2)24(26)25(27)23(16)21-13-11-20(12-14-21)19-9-7-18(8-10-19)17-5-3-4-6-17/h16-25H,3-15H2,1-2H3. The molecular formula is C25H42F2O. The summed E-state index contributed by atoms with van der Waals surface area (Å²) in [5.74, 6) is 4.33. The molecule has 0 amide bonds. The second kappa shape index (κ2) is 9.31. The number of halogens is 2. The molecule has 0 aromatic heterocycles. The van der Waals surface area contributed by atoms with E-state index in [1.54, 1.807) is 0 Å². The molecule has 0 bridgehead atoms. The molecule has 5 atom stereocenters. The van der Waals surface area contributed by atoms with Gasteiger partial charge in [-0.05, 0) is 99.2 Å². The van der Waals surface area contributed by atoms with Gasteiger partial charge in [0.1, 0.15) is 6.17 Å². The molecule has 28 heavy (non-hydrogen) atoms. The number of hydrogen-bond acceptors (Lipinski definition) is 1. The summed E-state index contributed by atoms with van der Waals surface area (Å²) in [4.78, 5) is 0. The Kier molecular flexibility index (Phi) is 7.01. The van der Waals surface area contributed by atoms with Crippen molar-refractivity contribution in [3.8, 4) is 0 Å². The first-order chi connectivity index (χ1) is 13.6. The van der Waals surface area contributed by atoms with Crippen molar-refractivity contribution in [3.05, 3.63) is 0 Å². The Balaban J connectivity index is 1.26. The third-order valence-electron chi connectivity index (χ3n) is 9.50. The third kappa shape index (κ3) is 4.30. The Morgan fingerprint density at radius 1 is 0.607 bits per heavy atom. The molecule has 0 aromatic rings. The summed E-state index contributed by atoms with van der Waals surface area (Å²) >= 11 is 0. The number of alkyl halides is 2. The quantitative estimate of drug-likeness (QED) is 0.491. The summed E-state index contributed by atoms with van der Waals surface area (Å²) in [5.41, 5.74) is 0. The zero-order chi connectivity index (χ0) is 19.7. The summed E-state index contributed by atoms with van der Waals surface area (Å²) in [6, 6.07) is 0. The van der Waals surface area contributed by atoms with Gasteiger partial charge in [-0.2, -0.15) is 0 Å². The van der Waals surface area contributed by atoms with Crippen molar-refractivity contribution in [2.75, 3.05) is 7.11 Å². The molecule has 162 valence electrons. The highest BCUT2D eigenvalue weighted by Gasteiger charge is 2.48. The molecule has 4 saturated carbocycles.